The van der Waals surface area contributed by atoms with Gasteiger partial charge < -0.3 is 30.3 Å². The molecule has 4 heterocycles. The molecule has 6 rings (SSSR count). The Kier molecular flexibility index (Phi) is 15.4. The lowest BCUT2D eigenvalue weighted by Gasteiger charge is -2.34. The van der Waals surface area contributed by atoms with E-state index in [1.54, 1.807) is 28.0 Å². The molecule has 2 aromatic heterocycles. The highest BCUT2D eigenvalue weighted by molar-refractivity contribution is 9.10. The van der Waals surface area contributed by atoms with Gasteiger partial charge in [0, 0.05) is 58.0 Å². The second kappa shape index (κ2) is 19.4. The quantitative estimate of drug-likeness (QED) is 0.145. The highest BCUT2D eigenvalue weighted by atomic mass is 79.9. The molecule has 4 aromatic rings. The van der Waals surface area contributed by atoms with E-state index in [9.17, 15) is 29.8 Å². The van der Waals surface area contributed by atoms with Crippen molar-refractivity contribution in [3.8, 4) is 0 Å². The van der Waals surface area contributed by atoms with Crippen LogP contribution in [-0.2, 0) is 9.47 Å². The SMILES string of the molecule is CC(C)(C)OC(=O)N1CCC[C@@H](N)C1.CC(C)(C)OC(=O)N1CCC[C@@H](Nc2c([N+](=O)[O-])cnc3ccc(Br)cc23)C1.O=[N+]([O-])c1cnc2ccc(Br)cc2c1Cl. The van der Waals surface area contributed by atoms with E-state index in [1.807, 2.05) is 59.7 Å². The normalized spacial score (nSPS) is 17.1. The van der Waals surface area contributed by atoms with Gasteiger partial charge in [0.2, 0.25) is 0 Å². The predicted molar refractivity (Wildman–Crippen MR) is 227 cm³/mol. The van der Waals surface area contributed by atoms with Crippen LogP contribution in [0.1, 0.15) is 67.2 Å². The third-order valence-corrected chi connectivity index (χ3v) is 9.86. The summed E-state index contributed by atoms with van der Waals surface area (Å²) in [5, 5.41) is 26.8. The van der Waals surface area contributed by atoms with Gasteiger partial charge in [-0.3, -0.25) is 20.2 Å². The molecule has 2 aromatic carbocycles. The van der Waals surface area contributed by atoms with Crippen LogP contribution in [-0.4, -0.2) is 91.3 Å². The number of aromatic nitrogens is 2. The van der Waals surface area contributed by atoms with Crippen molar-refractivity contribution in [2.45, 2.75) is 90.5 Å². The maximum absolute atomic E-state index is 12.4. The van der Waals surface area contributed by atoms with Crippen molar-refractivity contribution in [2.75, 3.05) is 31.5 Å². The average Bonchev–Trinajstić information content (AvgIpc) is 3.11. The molecule has 2 atom stereocenters. The molecular formula is C38H47Br2ClN8O8. The van der Waals surface area contributed by atoms with Crippen LogP contribution in [0.15, 0.2) is 57.7 Å². The number of hydrogen-bond acceptors (Lipinski definition) is 12. The maximum Gasteiger partial charge on any atom is 0.410 e. The molecule has 308 valence electrons. The molecule has 0 bridgehead atoms. The number of carbonyl (C=O) groups excluding carboxylic acids is 2. The molecule has 2 aliphatic heterocycles. The van der Waals surface area contributed by atoms with Crippen LogP contribution in [0.4, 0.5) is 26.7 Å². The van der Waals surface area contributed by atoms with E-state index in [0.717, 1.165) is 41.2 Å². The largest absolute Gasteiger partial charge is 0.444 e. The Morgan fingerprint density at radius 1 is 0.807 bits per heavy atom. The smallest absolute Gasteiger partial charge is 0.410 e. The number of hydrogen-bond donors (Lipinski definition) is 2. The Hall–Kier alpha value is -4.39. The second-order valence-corrected chi connectivity index (χ2v) is 17.8. The number of piperidine rings is 2. The summed E-state index contributed by atoms with van der Waals surface area (Å²) in [5.74, 6) is 0. The number of likely N-dealkylation sites (tertiary alicyclic amines) is 2. The van der Waals surface area contributed by atoms with E-state index >= 15 is 0 Å². The molecule has 16 nitrogen and oxygen atoms in total. The minimum atomic E-state index is -0.566. The summed E-state index contributed by atoms with van der Waals surface area (Å²) in [7, 11) is 0. The van der Waals surface area contributed by atoms with Crippen LogP contribution in [0.5, 0.6) is 0 Å². The molecular weight excluding hydrogens is 892 g/mol. The molecule has 0 saturated carbocycles. The number of anilines is 1. The van der Waals surface area contributed by atoms with Gasteiger partial charge in [0.15, 0.2) is 0 Å². The summed E-state index contributed by atoms with van der Waals surface area (Å²) in [6, 6.07) is 10.7. The van der Waals surface area contributed by atoms with Gasteiger partial charge in [0.05, 0.1) is 20.9 Å². The van der Waals surface area contributed by atoms with Crippen molar-refractivity contribution in [1.82, 2.24) is 19.8 Å². The standard InChI is InChI=1S/C19H23BrN4O4.C10H20N2O2.C9H4BrClN2O2/c1-19(2,3)28-18(25)23-8-4-5-13(11-23)22-17-14-9-12(20)6-7-15(14)21-10-16(17)24(26)27;1-10(2,3)14-9(13)12-6-4-5-8(11)7-12;10-5-1-2-7-6(3-5)9(11)8(4-12-7)13(14)15/h6-7,9-10,13H,4-5,8,11H2,1-3H3,(H,21,22);8H,4-7,11H2,1-3H3;1-4H/t13-;8-;/m11./s1. The Morgan fingerprint density at radius 3 is 1.79 bits per heavy atom. The van der Waals surface area contributed by atoms with Crippen molar-refractivity contribution in [1.29, 1.82) is 0 Å². The summed E-state index contributed by atoms with van der Waals surface area (Å²) in [6.45, 7) is 13.5. The first-order valence-electron chi connectivity index (χ1n) is 18.2. The molecule has 3 N–H and O–H groups in total. The number of nitrogens with zero attached hydrogens (tertiary/aromatic N) is 6. The molecule has 57 heavy (non-hydrogen) atoms. The molecule has 2 amide bonds. The van der Waals surface area contributed by atoms with Gasteiger partial charge in [0.1, 0.15) is 34.3 Å². The van der Waals surface area contributed by atoms with Crippen molar-refractivity contribution in [3.63, 3.8) is 0 Å². The molecule has 0 aliphatic carbocycles. The third-order valence-electron chi connectivity index (χ3n) is 8.48. The lowest BCUT2D eigenvalue weighted by Crippen LogP contribution is -2.47. The average molecular weight is 939 g/mol. The Labute approximate surface area is 352 Å². The van der Waals surface area contributed by atoms with Gasteiger partial charge in [-0.15, -0.1) is 0 Å². The number of pyridine rings is 2. The van der Waals surface area contributed by atoms with Crippen LogP contribution in [0, 0.1) is 20.2 Å². The third kappa shape index (κ3) is 13.3. The zero-order valence-corrected chi connectivity index (χ0v) is 36.5. The van der Waals surface area contributed by atoms with Gasteiger partial charge >= 0.3 is 23.6 Å². The number of nitro groups is 2. The van der Waals surface area contributed by atoms with Gasteiger partial charge in [0.25, 0.3) is 0 Å². The van der Waals surface area contributed by atoms with Gasteiger partial charge in [-0.05, 0) is 104 Å². The maximum atomic E-state index is 12.4. The van der Waals surface area contributed by atoms with Crippen LogP contribution in [0.2, 0.25) is 5.02 Å². The van der Waals surface area contributed by atoms with Gasteiger partial charge in [-0.2, -0.15) is 0 Å². The first-order chi connectivity index (χ1) is 26.6. The number of nitrogens with two attached hydrogens (primary N) is 1. The van der Waals surface area contributed by atoms with E-state index in [2.05, 4.69) is 47.1 Å². The molecule has 0 radical (unpaired) electrons. The summed E-state index contributed by atoms with van der Waals surface area (Å²) in [5.41, 5.74) is 6.25. The molecule has 2 saturated heterocycles. The van der Waals surface area contributed by atoms with Crippen molar-refractivity contribution < 1.29 is 28.9 Å². The number of benzene rings is 2. The van der Waals surface area contributed by atoms with Crippen LogP contribution in [0.3, 0.4) is 0 Å². The van der Waals surface area contributed by atoms with Crippen LogP contribution < -0.4 is 11.1 Å². The summed E-state index contributed by atoms with van der Waals surface area (Å²) < 4.78 is 12.3. The molecule has 2 aliphatic rings. The molecule has 0 unspecified atom stereocenters. The number of carbonyl (C=O) groups is 2. The molecule has 2 fully saturated rings. The minimum Gasteiger partial charge on any atom is -0.444 e. The van der Waals surface area contributed by atoms with Crippen LogP contribution in [0.25, 0.3) is 21.8 Å². The van der Waals surface area contributed by atoms with E-state index < -0.39 is 21.0 Å². The van der Waals surface area contributed by atoms with Gasteiger partial charge in [-0.25, -0.2) is 19.6 Å². The highest BCUT2D eigenvalue weighted by Crippen LogP contribution is 2.35. The second-order valence-electron chi connectivity index (χ2n) is 15.6. The highest BCUT2D eigenvalue weighted by Gasteiger charge is 2.30. The summed E-state index contributed by atoms with van der Waals surface area (Å²) >= 11 is 12.6. The Balaban J connectivity index is 0.000000209. The number of fused-ring (bicyclic) bond motifs is 2. The lowest BCUT2D eigenvalue weighted by atomic mass is 10.0. The van der Waals surface area contributed by atoms with E-state index in [1.165, 1.54) is 12.4 Å². The zero-order chi connectivity index (χ0) is 42.2. The van der Waals surface area contributed by atoms with E-state index in [0.29, 0.717) is 47.1 Å². The number of ether oxygens (including phenoxy) is 2. The predicted octanol–water partition coefficient (Wildman–Crippen LogP) is 9.62. The number of nitrogens with one attached hydrogen (secondary N) is 1. The molecule has 0 spiro atoms. The topological polar surface area (TPSA) is 209 Å². The lowest BCUT2D eigenvalue weighted by molar-refractivity contribution is -0.384. The van der Waals surface area contributed by atoms with E-state index in [-0.39, 0.29) is 40.7 Å². The van der Waals surface area contributed by atoms with Crippen molar-refractivity contribution in [2.24, 2.45) is 5.73 Å². The first-order valence-corrected chi connectivity index (χ1v) is 20.2. The molecule has 19 heteroatoms. The van der Waals surface area contributed by atoms with Crippen molar-refractivity contribution in [3.05, 3.63) is 83.0 Å². The fourth-order valence-electron chi connectivity index (χ4n) is 5.99. The zero-order valence-electron chi connectivity index (χ0n) is 32.6. The fraction of sp³-hybridized carbons (Fsp3) is 0.474. The fourth-order valence-corrected chi connectivity index (χ4v) is 6.98. The summed E-state index contributed by atoms with van der Waals surface area (Å²) in [6.07, 6.45) is 5.39. The number of halogens is 3. The summed E-state index contributed by atoms with van der Waals surface area (Å²) in [4.78, 5) is 56.7. The Morgan fingerprint density at radius 2 is 1.28 bits per heavy atom. The van der Waals surface area contributed by atoms with E-state index in [4.69, 9.17) is 26.8 Å². The van der Waals surface area contributed by atoms with Gasteiger partial charge in [-0.1, -0.05) is 43.5 Å². The minimum absolute atomic E-state index is 0.0833. The van der Waals surface area contributed by atoms with Crippen LogP contribution >= 0.6 is 43.5 Å². The monoisotopic (exact) mass is 936 g/mol. The van der Waals surface area contributed by atoms with Crippen molar-refractivity contribution >= 4 is 94.5 Å². The number of amides is 2. The first kappa shape index (κ1) is 45.3. The Bertz CT molecular complexity index is 2110. The number of rotatable bonds is 4.